The van der Waals surface area contributed by atoms with Gasteiger partial charge in [-0.15, -0.1) is 0 Å². The predicted molar refractivity (Wildman–Crippen MR) is 110 cm³/mol. The van der Waals surface area contributed by atoms with Gasteiger partial charge in [-0.2, -0.15) is 0 Å². The number of rotatable bonds is 3. The van der Waals surface area contributed by atoms with Crippen LogP contribution in [-0.2, 0) is 9.59 Å². The van der Waals surface area contributed by atoms with Crippen molar-refractivity contribution in [3.05, 3.63) is 101 Å². The number of carboxylic acid groups (broad SMARTS) is 2. The largest absolute Gasteiger partial charge is 0.473 e. The topological polar surface area (TPSA) is 92.4 Å². The van der Waals surface area contributed by atoms with Gasteiger partial charge in [-0.1, -0.05) is 41.9 Å². The molecule has 0 aliphatic carbocycles. The van der Waals surface area contributed by atoms with Crippen LogP contribution in [0.3, 0.4) is 0 Å². The van der Waals surface area contributed by atoms with Crippen molar-refractivity contribution in [3.63, 3.8) is 0 Å². The second-order valence-corrected chi connectivity index (χ2v) is 6.55. The Bertz CT molecular complexity index is 1130. The molecule has 0 bridgehead atoms. The molecule has 2 aromatic carbocycles. The number of benzene rings is 2. The molecule has 0 fully saturated rings. The molecule has 0 saturated heterocycles. The number of aliphatic carboxylic acids is 2. The maximum atomic E-state index is 9.10. The second kappa shape index (κ2) is 9.03. The third-order valence-electron chi connectivity index (χ3n) is 4.25. The predicted octanol–water partition coefficient (Wildman–Crippen LogP) is 4.48. The summed E-state index contributed by atoms with van der Waals surface area (Å²) in [7, 11) is 0. The second-order valence-electron chi connectivity index (χ2n) is 6.12. The molecular weight excluding hydrogens is 392 g/mol. The Morgan fingerprint density at radius 2 is 1.59 bits per heavy atom. The van der Waals surface area contributed by atoms with Crippen molar-refractivity contribution in [2.75, 3.05) is 0 Å². The lowest BCUT2D eigenvalue weighted by atomic mass is 9.95. The van der Waals surface area contributed by atoms with E-state index in [4.69, 9.17) is 31.4 Å². The Morgan fingerprint density at radius 3 is 2.24 bits per heavy atom. The first-order valence-electron chi connectivity index (χ1n) is 8.65. The van der Waals surface area contributed by atoms with Crippen molar-refractivity contribution >= 4 is 34.4 Å². The minimum Gasteiger partial charge on any atom is -0.473 e. The van der Waals surface area contributed by atoms with Crippen LogP contribution >= 0.6 is 11.6 Å². The molecule has 0 spiro atoms. The summed E-state index contributed by atoms with van der Waals surface area (Å²) in [5.74, 6) is -3.65. The average Bonchev–Trinajstić information content (AvgIpc) is 3.23. The van der Waals surface area contributed by atoms with E-state index in [2.05, 4.69) is 46.2 Å². The van der Waals surface area contributed by atoms with E-state index in [0.29, 0.717) is 0 Å². The SMILES string of the molecule is Clc1cccc(C(c2ccnc3ccccc23)n2cccc2)c1.O=C(O)C(=O)O. The van der Waals surface area contributed by atoms with Crippen molar-refractivity contribution in [2.24, 2.45) is 0 Å². The van der Waals surface area contributed by atoms with E-state index < -0.39 is 11.9 Å². The first kappa shape index (κ1) is 20.1. The van der Waals surface area contributed by atoms with E-state index >= 15 is 0 Å². The molecule has 2 heterocycles. The van der Waals surface area contributed by atoms with Crippen LogP contribution in [0, 0.1) is 0 Å². The van der Waals surface area contributed by atoms with Gasteiger partial charge >= 0.3 is 11.9 Å². The zero-order valence-corrected chi connectivity index (χ0v) is 15.9. The number of fused-ring (bicyclic) bond motifs is 1. The number of pyridine rings is 1. The summed E-state index contributed by atoms with van der Waals surface area (Å²) in [5, 5.41) is 16.7. The van der Waals surface area contributed by atoms with Crippen molar-refractivity contribution in [2.45, 2.75) is 6.04 Å². The highest BCUT2D eigenvalue weighted by Gasteiger charge is 2.18. The van der Waals surface area contributed by atoms with Crippen molar-refractivity contribution in [1.82, 2.24) is 9.55 Å². The Balaban J connectivity index is 0.000000353. The lowest BCUT2D eigenvalue weighted by Crippen LogP contribution is -2.11. The molecule has 0 aliphatic rings. The van der Waals surface area contributed by atoms with E-state index in [9.17, 15) is 0 Å². The van der Waals surface area contributed by atoms with Crippen LogP contribution in [0.1, 0.15) is 17.2 Å². The standard InChI is InChI=1S/C20H15ClN2.C2H2O4/c21-16-7-5-6-15(14-16)20(23-12-3-4-13-23)18-10-11-22-19-9-2-1-8-17(18)19;3-1(4)2(5)6/h1-14,20H;(H,3,4)(H,5,6). The summed E-state index contributed by atoms with van der Waals surface area (Å²) in [5.41, 5.74) is 3.38. The first-order chi connectivity index (χ1) is 14.0. The van der Waals surface area contributed by atoms with Gasteiger partial charge in [-0.05, 0) is 47.5 Å². The van der Waals surface area contributed by atoms with Crippen LogP contribution in [0.4, 0.5) is 0 Å². The number of aromatic nitrogens is 2. The fourth-order valence-corrected chi connectivity index (χ4v) is 3.26. The maximum Gasteiger partial charge on any atom is 0.414 e. The van der Waals surface area contributed by atoms with Crippen LogP contribution in [0.15, 0.2) is 85.3 Å². The fraction of sp³-hybridized carbons (Fsp3) is 0.0455. The first-order valence-corrected chi connectivity index (χ1v) is 9.03. The van der Waals surface area contributed by atoms with Gasteiger partial charge < -0.3 is 14.8 Å². The van der Waals surface area contributed by atoms with Gasteiger partial charge in [0.2, 0.25) is 0 Å². The van der Waals surface area contributed by atoms with E-state index in [1.54, 1.807) is 0 Å². The highest BCUT2D eigenvalue weighted by Crippen LogP contribution is 2.32. The molecule has 2 N–H and O–H groups in total. The zero-order chi connectivity index (χ0) is 20.8. The number of hydrogen-bond acceptors (Lipinski definition) is 3. The molecule has 1 unspecified atom stereocenters. The zero-order valence-electron chi connectivity index (χ0n) is 15.1. The maximum absolute atomic E-state index is 9.10. The van der Waals surface area contributed by atoms with E-state index in [-0.39, 0.29) is 6.04 Å². The molecule has 4 aromatic rings. The molecule has 0 radical (unpaired) electrons. The van der Waals surface area contributed by atoms with Crippen molar-refractivity contribution in [3.8, 4) is 0 Å². The molecule has 4 rings (SSSR count). The van der Waals surface area contributed by atoms with Crippen LogP contribution in [0.25, 0.3) is 10.9 Å². The van der Waals surface area contributed by atoms with Gasteiger partial charge in [-0.3, -0.25) is 4.98 Å². The van der Waals surface area contributed by atoms with Gasteiger partial charge in [0.15, 0.2) is 0 Å². The van der Waals surface area contributed by atoms with E-state index in [0.717, 1.165) is 21.5 Å². The third kappa shape index (κ3) is 4.80. The Morgan fingerprint density at radius 1 is 0.897 bits per heavy atom. The molecule has 146 valence electrons. The van der Waals surface area contributed by atoms with Gasteiger partial charge in [0.1, 0.15) is 0 Å². The smallest absolute Gasteiger partial charge is 0.414 e. The number of para-hydroxylation sites is 1. The van der Waals surface area contributed by atoms with Gasteiger partial charge in [-0.25, -0.2) is 9.59 Å². The fourth-order valence-electron chi connectivity index (χ4n) is 3.07. The molecule has 0 amide bonds. The van der Waals surface area contributed by atoms with E-state index in [1.807, 2.05) is 48.7 Å². The molecule has 1 atom stereocenters. The van der Waals surface area contributed by atoms with Crippen LogP contribution in [0.2, 0.25) is 5.02 Å². The normalized spacial score (nSPS) is 11.3. The molecule has 0 saturated carbocycles. The highest BCUT2D eigenvalue weighted by molar-refractivity contribution is 6.30. The summed E-state index contributed by atoms with van der Waals surface area (Å²) in [6, 6.07) is 22.5. The summed E-state index contributed by atoms with van der Waals surface area (Å²) in [4.78, 5) is 22.7. The minimum absolute atomic E-state index is 0.0663. The van der Waals surface area contributed by atoms with Gasteiger partial charge in [0, 0.05) is 29.0 Å². The van der Waals surface area contributed by atoms with Crippen LogP contribution in [-0.4, -0.2) is 31.7 Å². The summed E-state index contributed by atoms with van der Waals surface area (Å²) in [6.45, 7) is 0. The van der Waals surface area contributed by atoms with Crippen molar-refractivity contribution < 1.29 is 19.8 Å². The summed E-state index contributed by atoms with van der Waals surface area (Å²) in [6.07, 6.45) is 6.04. The number of nitrogens with zero attached hydrogens (tertiary/aromatic N) is 2. The number of halogens is 1. The van der Waals surface area contributed by atoms with Crippen LogP contribution < -0.4 is 0 Å². The monoisotopic (exact) mass is 408 g/mol. The minimum atomic E-state index is -1.82. The Hall–Kier alpha value is -3.64. The Kier molecular flexibility index (Phi) is 6.26. The molecule has 2 aromatic heterocycles. The molecule has 7 heteroatoms. The highest BCUT2D eigenvalue weighted by atomic mass is 35.5. The lowest BCUT2D eigenvalue weighted by Gasteiger charge is -2.22. The van der Waals surface area contributed by atoms with Crippen LogP contribution in [0.5, 0.6) is 0 Å². The van der Waals surface area contributed by atoms with E-state index in [1.165, 1.54) is 5.56 Å². The number of carbonyl (C=O) groups is 2. The average molecular weight is 409 g/mol. The number of hydrogen-bond donors (Lipinski definition) is 2. The molecule has 29 heavy (non-hydrogen) atoms. The number of carboxylic acids is 2. The summed E-state index contributed by atoms with van der Waals surface area (Å²) >= 11 is 6.23. The van der Waals surface area contributed by atoms with Crippen molar-refractivity contribution in [1.29, 1.82) is 0 Å². The van der Waals surface area contributed by atoms with Gasteiger partial charge in [0.25, 0.3) is 0 Å². The van der Waals surface area contributed by atoms with Gasteiger partial charge in [0.05, 0.1) is 11.6 Å². The molecule has 0 aliphatic heterocycles. The lowest BCUT2D eigenvalue weighted by molar-refractivity contribution is -0.159. The quantitative estimate of drug-likeness (QED) is 0.487. The molecule has 6 nitrogen and oxygen atoms in total. The summed E-state index contributed by atoms with van der Waals surface area (Å²) < 4.78 is 2.20. The third-order valence-corrected chi connectivity index (χ3v) is 4.49. The Labute approximate surface area is 171 Å². The molecular formula is C22H17ClN2O4.